The summed E-state index contributed by atoms with van der Waals surface area (Å²) in [5.74, 6) is 0.745. The van der Waals surface area contributed by atoms with E-state index in [-0.39, 0.29) is 24.3 Å². The summed E-state index contributed by atoms with van der Waals surface area (Å²) in [7, 11) is -0.443. The molecule has 43 heavy (non-hydrogen) atoms. The van der Waals surface area contributed by atoms with E-state index in [0.29, 0.717) is 13.0 Å². The van der Waals surface area contributed by atoms with Gasteiger partial charge in [0.05, 0.1) is 39.1 Å². The number of aliphatic hydroxyl groups excluding tert-OH is 1. The van der Waals surface area contributed by atoms with E-state index >= 15 is 0 Å². The minimum Gasteiger partial charge on any atom is -0.497 e. The molecule has 2 heterocycles. The number of carbonyl (C=O) groups excluding carboxylic acids is 1. The van der Waals surface area contributed by atoms with E-state index in [1.807, 2.05) is 83.2 Å². The zero-order valence-electron chi connectivity index (χ0n) is 27.9. The van der Waals surface area contributed by atoms with Gasteiger partial charge in [-0.1, -0.05) is 57.2 Å². The van der Waals surface area contributed by atoms with Crippen LogP contribution in [0.25, 0.3) is 0 Å². The molecule has 2 aliphatic rings. The van der Waals surface area contributed by atoms with Gasteiger partial charge in [0, 0.05) is 12.0 Å². The number of amides is 1. The molecule has 2 saturated heterocycles. The number of carbonyl (C=O) groups is 1. The summed E-state index contributed by atoms with van der Waals surface area (Å²) >= 11 is 0. The molecule has 2 aliphatic heterocycles. The number of aliphatic hydroxyl groups is 1. The van der Waals surface area contributed by atoms with Crippen molar-refractivity contribution in [2.24, 2.45) is 0 Å². The van der Waals surface area contributed by atoms with E-state index in [9.17, 15) is 9.90 Å². The number of benzene rings is 1. The first kappa shape index (κ1) is 35.3. The van der Waals surface area contributed by atoms with Crippen molar-refractivity contribution in [2.45, 2.75) is 115 Å². The highest BCUT2D eigenvalue weighted by molar-refractivity contribution is 6.74. The van der Waals surface area contributed by atoms with E-state index in [0.717, 1.165) is 11.3 Å². The fourth-order valence-corrected chi connectivity index (χ4v) is 6.17. The van der Waals surface area contributed by atoms with Crippen LogP contribution in [0.4, 0.5) is 4.79 Å². The van der Waals surface area contributed by atoms with E-state index in [2.05, 4.69) is 33.9 Å². The molecule has 0 spiro atoms. The molecule has 0 saturated carbocycles. The normalized spacial score (nSPS) is 25.5. The average Bonchev–Trinajstić information content (AvgIpc) is 3.44. The highest BCUT2D eigenvalue weighted by Crippen LogP contribution is 2.42. The third-order valence-electron chi connectivity index (χ3n) is 8.22. The lowest BCUT2D eigenvalue weighted by Crippen LogP contribution is -2.52. The Balaban J connectivity index is 1.87. The first-order valence-corrected chi connectivity index (χ1v) is 18.0. The van der Waals surface area contributed by atoms with Gasteiger partial charge in [0.2, 0.25) is 0 Å². The molecule has 1 amide bonds. The molecule has 10 heteroatoms. The van der Waals surface area contributed by atoms with Crippen molar-refractivity contribution >= 4 is 14.4 Å². The highest BCUT2D eigenvalue weighted by atomic mass is 28.4. The molecule has 0 aromatic heterocycles. The molecule has 0 radical (unpaired) electrons. The molecular formula is C33H53NO8Si. The van der Waals surface area contributed by atoms with Crippen LogP contribution in [0.1, 0.15) is 73.7 Å². The van der Waals surface area contributed by atoms with Crippen molar-refractivity contribution in [1.29, 1.82) is 0 Å². The molecule has 3 rings (SSSR count). The van der Waals surface area contributed by atoms with Crippen LogP contribution in [0.2, 0.25) is 18.1 Å². The third kappa shape index (κ3) is 9.15. The summed E-state index contributed by atoms with van der Waals surface area (Å²) < 4.78 is 36.3. The molecule has 4 atom stereocenters. The van der Waals surface area contributed by atoms with Crippen LogP contribution >= 0.6 is 0 Å². The molecule has 242 valence electrons. The Morgan fingerprint density at radius 2 is 1.79 bits per heavy atom. The van der Waals surface area contributed by atoms with E-state index < -0.39 is 43.7 Å². The highest BCUT2D eigenvalue weighted by Gasteiger charge is 2.51. The van der Waals surface area contributed by atoms with Crippen molar-refractivity contribution in [2.75, 3.05) is 26.9 Å². The van der Waals surface area contributed by atoms with E-state index in [4.69, 9.17) is 28.1 Å². The summed E-state index contributed by atoms with van der Waals surface area (Å²) in [5.41, 5.74) is -1.49. The maximum absolute atomic E-state index is 13.3. The van der Waals surface area contributed by atoms with Crippen LogP contribution in [0.15, 0.2) is 48.6 Å². The van der Waals surface area contributed by atoms with Gasteiger partial charge < -0.3 is 33.2 Å². The number of ether oxygens (including phenoxy) is 5. The predicted octanol–water partition coefficient (Wildman–Crippen LogP) is 6.74. The largest absolute Gasteiger partial charge is 0.497 e. The summed E-state index contributed by atoms with van der Waals surface area (Å²) in [6, 6.07) is 7.26. The van der Waals surface area contributed by atoms with Crippen LogP contribution in [0.3, 0.4) is 0 Å². The zero-order chi connectivity index (χ0) is 32.3. The summed E-state index contributed by atoms with van der Waals surface area (Å²) in [5, 5.41) is 10.0. The lowest BCUT2D eigenvalue weighted by Gasteiger charge is -2.38. The van der Waals surface area contributed by atoms with Gasteiger partial charge in [0.15, 0.2) is 14.6 Å². The lowest BCUT2D eigenvalue weighted by molar-refractivity contribution is -0.0870. The molecule has 1 N–H and O–H groups in total. The van der Waals surface area contributed by atoms with Gasteiger partial charge in [-0.2, -0.15) is 0 Å². The van der Waals surface area contributed by atoms with Crippen LogP contribution < -0.4 is 4.74 Å². The molecule has 9 nitrogen and oxygen atoms in total. The Hall–Kier alpha value is -2.21. The molecule has 1 aromatic rings. The first-order valence-electron chi connectivity index (χ1n) is 15.1. The minimum atomic E-state index is -2.07. The second-order valence-electron chi connectivity index (χ2n) is 14.4. The number of rotatable bonds is 10. The van der Waals surface area contributed by atoms with Crippen LogP contribution in [-0.4, -0.2) is 80.4 Å². The Kier molecular flexibility index (Phi) is 11.0. The average molecular weight is 620 g/mol. The van der Waals surface area contributed by atoms with Gasteiger partial charge in [-0.3, -0.25) is 4.90 Å². The molecular weight excluding hydrogens is 566 g/mol. The second kappa shape index (κ2) is 13.4. The second-order valence-corrected chi connectivity index (χ2v) is 19.2. The third-order valence-corrected chi connectivity index (χ3v) is 12.7. The summed E-state index contributed by atoms with van der Waals surface area (Å²) in [6.07, 6.45) is 6.59. The van der Waals surface area contributed by atoms with Crippen molar-refractivity contribution in [3.63, 3.8) is 0 Å². The predicted molar refractivity (Wildman–Crippen MR) is 169 cm³/mol. The molecule has 2 fully saturated rings. The fourth-order valence-electron chi connectivity index (χ4n) is 4.91. The molecule has 0 bridgehead atoms. The molecule has 1 unspecified atom stereocenters. The SMILES string of the molecule is COc1ccc(C2OC[C@](/C=C\C=C/[C@@H](CO)O[Si](C)(C)C(C)(C)C)(C[C@H]3COC(C)(C)N3C(=O)OC(C)(C)C)O2)cc1. The first-order chi connectivity index (χ1) is 19.8. The minimum absolute atomic E-state index is 0.0246. The maximum atomic E-state index is 13.3. The standard InChI is InChI=1S/C33H53NO8Si/c1-30(2,3)41-29(36)34-25(22-39-32(34,7)8)20-33(23-38-28(40-33)24-15-17-26(37-9)18-16-24)19-13-12-14-27(21-35)42-43(10,11)31(4,5)6/h12-19,25,27-28,35H,20-23H2,1-11H3/b14-12-,19-13-/t25-,27-,28?,33-/m0/s1. The summed E-state index contributed by atoms with van der Waals surface area (Å²) in [4.78, 5) is 15.0. The fraction of sp³-hybridized carbons (Fsp3) is 0.667. The number of hydrogen-bond acceptors (Lipinski definition) is 8. The van der Waals surface area contributed by atoms with Crippen LogP contribution in [-0.2, 0) is 23.4 Å². The van der Waals surface area contributed by atoms with E-state index in [1.165, 1.54) is 0 Å². The van der Waals surface area contributed by atoms with Crippen LogP contribution in [0, 0.1) is 0 Å². The Morgan fingerprint density at radius 3 is 2.35 bits per heavy atom. The zero-order valence-corrected chi connectivity index (χ0v) is 28.9. The Labute approximate surface area is 259 Å². The van der Waals surface area contributed by atoms with Gasteiger partial charge in [0.1, 0.15) is 22.7 Å². The summed E-state index contributed by atoms with van der Waals surface area (Å²) in [6.45, 7) is 20.6. The molecule has 0 aliphatic carbocycles. The van der Waals surface area contributed by atoms with Gasteiger partial charge in [-0.25, -0.2) is 4.79 Å². The van der Waals surface area contributed by atoms with Gasteiger partial charge in [-0.05, 0) is 64.9 Å². The Morgan fingerprint density at radius 1 is 1.14 bits per heavy atom. The number of allylic oxidation sites excluding steroid dienone is 2. The van der Waals surface area contributed by atoms with Crippen molar-refractivity contribution < 1.29 is 38.0 Å². The van der Waals surface area contributed by atoms with Crippen LogP contribution in [0.5, 0.6) is 5.75 Å². The van der Waals surface area contributed by atoms with Crippen molar-refractivity contribution in [1.82, 2.24) is 4.90 Å². The van der Waals surface area contributed by atoms with Gasteiger partial charge >= 0.3 is 6.09 Å². The van der Waals surface area contributed by atoms with Crippen molar-refractivity contribution in [3.8, 4) is 5.75 Å². The van der Waals surface area contributed by atoms with Gasteiger partial charge in [-0.15, -0.1) is 0 Å². The number of hydrogen-bond donors (Lipinski definition) is 1. The molecule has 1 aromatic carbocycles. The Bertz CT molecular complexity index is 1140. The number of methoxy groups -OCH3 is 1. The van der Waals surface area contributed by atoms with Crippen molar-refractivity contribution in [3.05, 3.63) is 54.1 Å². The topological polar surface area (TPSA) is 95.9 Å². The number of nitrogens with zero attached hydrogens (tertiary/aromatic N) is 1. The lowest BCUT2D eigenvalue weighted by atomic mass is 9.94. The smallest absolute Gasteiger partial charge is 0.412 e. The van der Waals surface area contributed by atoms with Gasteiger partial charge in [0.25, 0.3) is 0 Å². The monoisotopic (exact) mass is 619 g/mol. The van der Waals surface area contributed by atoms with E-state index in [1.54, 1.807) is 12.0 Å². The maximum Gasteiger partial charge on any atom is 0.412 e. The quantitative estimate of drug-likeness (QED) is 0.227.